The van der Waals surface area contributed by atoms with E-state index in [2.05, 4.69) is 10.1 Å². The minimum atomic E-state index is -0.551. The third-order valence-electron chi connectivity index (χ3n) is 5.87. The fourth-order valence-corrected chi connectivity index (χ4v) is 4.20. The van der Waals surface area contributed by atoms with Gasteiger partial charge in [-0.1, -0.05) is 11.6 Å². The number of rotatable bonds is 3. The molecule has 0 saturated carbocycles. The fourth-order valence-electron chi connectivity index (χ4n) is 4.04. The molecule has 0 amide bonds. The van der Waals surface area contributed by atoms with E-state index in [1.165, 1.54) is 10.6 Å². The van der Waals surface area contributed by atoms with Crippen molar-refractivity contribution in [2.45, 2.75) is 19.4 Å². The zero-order valence-corrected chi connectivity index (χ0v) is 19.1. The molecule has 1 atom stereocenters. The van der Waals surface area contributed by atoms with E-state index >= 15 is 0 Å². The molecular weight excluding hydrogens is 445 g/mol. The van der Waals surface area contributed by atoms with Gasteiger partial charge in [-0.2, -0.15) is 5.10 Å². The molecule has 1 aliphatic rings. The van der Waals surface area contributed by atoms with Crippen molar-refractivity contribution in [2.75, 3.05) is 6.61 Å². The first-order chi connectivity index (χ1) is 15.8. The molecule has 168 valence electrons. The summed E-state index contributed by atoms with van der Waals surface area (Å²) in [7, 11) is 3.49. The number of ether oxygens (including phenoxy) is 1. The Morgan fingerprint density at radius 1 is 1.21 bits per heavy atom. The lowest BCUT2D eigenvalue weighted by atomic mass is 9.99. The van der Waals surface area contributed by atoms with Crippen LogP contribution in [0.25, 0.3) is 27.7 Å². The Morgan fingerprint density at radius 2 is 2.03 bits per heavy atom. The molecule has 4 aromatic rings. The van der Waals surface area contributed by atoms with Crippen LogP contribution in [0, 0.1) is 12.7 Å². The number of nitrogens with zero attached hydrogens (tertiary/aromatic N) is 5. The first kappa shape index (κ1) is 21.5. The summed E-state index contributed by atoms with van der Waals surface area (Å²) >= 11 is 5.96. The van der Waals surface area contributed by atoms with E-state index in [4.69, 9.17) is 21.3 Å². The van der Waals surface area contributed by atoms with Gasteiger partial charge in [0.05, 0.1) is 35.1 Å². The molecule has 5 rings (SSSR count). The van der Waals surface area contributed by atoms with Gasteiger partial charge in [-0.3, -0.25) is 14.0 Å². The van der Waals surface area contributed by atoms with Gasteiger partial charge in [-0.05, 0) is 49.3 Å². The van der Waals surface area contributed by atoms with Crippen LogP contribution in [-0.2, 0) is 18.8 Å². The third kappa shape index (κ3) is 3.85. The van der Waals surface area contributed by atoms with E-state index in [0.29, 0.717) is 30.1 Å². The summed E-state index contributed by atoms with van der Waals surface area (Å²) in [6, 6.07) is 6.13. The number of halogens is 2. The van der Waals surface area contributed by atoms with Crippen molar-refractivity contribution in [1.82, 2.24) is 24.3 Å². The molecule has 0 aliphatic carbocycles. The number of hydrogen-bond acceptors (Lipinski definition) is 5. The van der Waals surface area contributed by atoms with Gasteiger partial charge in [-0.25, -0.2) is 14.4 Å². The average molecular weight is 466 g/mol. The molecule has 0 radical (unpaired) electrons. The Bertz CT molecular complexity index is 1490. The van der Waals surface area contributed by atoms with E-state index in [9.17, 15) is 9.18 Å². The molecule has 0 fully saturated rings. The highest BCUT2D eigenvalue weighted by Gasteiger charge is 2.23. The number of pyridine rings is 1. The quantitative estimate of drug-likeness (QED) is 0.449. The van der Waals surface area contributed by atoms with Crippen LogP contribution in [0.15, 0.2) is 47.5 Å². The maximum absolute atomic E-state index is 14.9. The third-order valence-corrected chi connectivity index (χ3v) is 6.11. The highest BCUT2D eigenvalue weighted by Crippen LogP contribution is 2.34. The Hall–Kier alpha value is -3.36. The van der Waals surface area contributed by atoms with Crippen molar-refractivity contribution in [3.8, 4) is 11.3 Å². The second-order valence-electron chi connectivity index (χ2n) is 8.08. The standard InChI is InChI=1S/C24H21ClFN5O2/c1-13-28-20-10-19(14-6-7-33-21(8-14)15-11-27-30(2)12-15)29-23(22(20)24(32)31(13)3)17-5-4-16(25)9-18(17)26/h4-5,8-12,21H,6-7H2,1-3H3. The SMILES string of the molecule is Cc1nc2cc(C3=CC(c4cnn(C)c4)OCC3)nc(-c3ccc(Cl)cc3F)c2c(=O)n1C. The van der Waals surface area contributed by atoms with Crippen molar-refractivity contribution < 1.29 is 9.13 Å². The highest BCUT2D eigenvalue weighted by molar-refractivity contribution is 6.30. The van der Waals surface area contributed by atoms with Crippen molar-refractivity contribution in [1.29, 1.82) is 0 Å². The van der Waals surface area contributed by atoms with E-state index in [1.54, 1.807) is 43.0 Å². The molecule has 7 nitrogen and oxygen atoms in total. The molecule has 0 spiro atoms. The maximum atomic E-state index is 14.9. The smallest absolute Gasteiger partial charge is 0.263 e. The molecule has 1 aromatic carbocycles. The van der Waals surface area contributed by atoms with Crippen LogP contribution in [0.4, 0.5) is 4.39 Å². The lowest BCUT2D eigenvalue weighted by molar-refractivity contribution is 0.0826. The highest BCUT2D eigenvalue weighted by atomic mass is 35.5. The van der Waals surface area contributed by atoms with Gasteiger partial charge in [0.25, 0.3) is 5.56 Å². The van der Waals surface area contributed by atoms with Crippen molar-refractivity contribution in [2.24, 2.45) is 14.1 Å². The van der Waals surface area contributed by atoms with Crippen LogP contribution in [0.2, 0.25) is 5.02 Å². The predicted octanol–water partition coefficient (Wildman–Crippen LogP) is 4.37. The van der Waals surface area contributed by atoms with Gasteiger partial charge in [0.2, 0.25) is 0 Å². The summed E-state index contributed by atoms with van der Waals surface area (Å²) < 4.78 is 24.0. The molecule has 1 unspecified atom stereocenters. The van der Waals surface area contributed by atoms with Crippen molar-refractivity contribution in [3.63, 3.8) is 0 Å². The average Bonchev–Trinajstić information content (AvgIpc) is 3.23. The second kappa shape index (κ2) is 8.20. The van der Waals surface area contributed by atoms with Crippen LogP contribution in [0.5, 0.6) is 0 Å². The van der Waals surface area contributed by atoms with Crippen molar-refractivity contribution >= 4 is 28.1 Å². The van der Waals surface area contributed by atoms with E-state index < -0.39 is 5.82 Å². The van der Waals surface area contributed by atoms with E-state index in [1.807, 2.05) is 19.3 Å². The molecule has 1 aliphatic heterocycles. The number of aromatic nitrogens is 5. The predicted molar refractivity (Wildman–Crippen MR) is 124 cm³/mol. The van der Waals surface area contributed by atoms with Gasteiger partial charge in [0.15, 0.2) is 0 Å². The van der Waals surface area contributed by atoms with E-state index in [0.717, 1.165) is 11.1 Å². The Balaban J connectivity index is 1.75. The summed E-state index contributed by atoms with van der Waals surface area (Å²) in [5.41, 5.74) is 3.13. The lowest BCUT2D eigenvalue weighted by Gasteiger charge is -2.22. The fraction of sp³-hybridized carbons (Fsp3) is 0.250. The topological polar surface area (TPSA) is 74.8 Å². The van der Waals surface area contributed by atoms with Crippen LogP contribution >= 0.6 is 11.6 Å². The Labute approximate surface area is 194 Å². The summed E-state index contributed by atoms with van der Waals surface area (Å²) in [5.74, 6) is 0.00615. The monoisotopic (exact) mass is 465 g/mol. The summed E-state index contributed by atoms with van der Waals surface area (Å²) in [4.78, 5) is 22.5. The van der Waals surface area contributed by atoms with Crippen LogP contribution < -0.4 is 5.56 Å². The van der Waals surface area contributed by atoms with Crippen LogP contribution in [0.3, 0.4) is 0 Å². The van der Waals surface area contributed by atoms with Gasteiger partial charge in [0, 0.05) is 36.4 Å². The molecule has 9 heteroatoms. The summed E-state index contributed by atoms with van der Waals surface area (Å²) in [6.45, 7) is 2.26. The number of fused-ring (bicyclic) bond motifs is 1. The van der Waals surface area contributed by atoms with Gasteiger partial charge < -0.3 is 4.74 Å². The van der Waals surface area contributed by atoms with Crippen molar-refractivity contribution in [3.05, 3.63) is 81.0 Å². The zero-order valence-electron chi connectivity index (χ0n) is 18.3. The summed E-state index contributed by atoms with van der Waals surface area (Å²) in [5, 5.41) is 4.76. The lowest BCUT2D eigenvalue weighted by Crippen LogP contribution is -2.22. The van der Waals surface area contributed by atoms with Gasteiger partial charge >= 0.3 is 0 Å². The Kier molecular flexibility index (Phi) is 5.34. The minimum absolute atomic E-state index is 0.200. The minimum Gasteiger partial charge on any atom is -0.369 e. The number of benzene rings is 1. The normalized spacial score (nSPS) is 16.3. The maximum Gasteiger partial charge on any atom is 0.263 e. The largest absolute Gasteiger partial charge is 0.369 e. The first-order valence-electron chi connectivity index (χ1n) is 10.5. The molecular formula is C24H21ClFN5O2. The molecule has 33 heavy (non-hydrogen) atoms. The van der Waals surface area contributed by atoms with Crippen LogP contribution in [-0.4, -0.2) is 30.9 Å². The van der Waals surface area contributed by atoms with Crippen LogP contribution in [0.1, 0.15) is 29.6 Å². The first-order valence-corrected chi connectivity index (χ1v) is 10.8. The van der Waals surface area contributed by atoms with Gasteiger partial charge in [0.1, 0.15) is 17.7 Å². The molecule has 0 bridgehead atoms. The van der Waals surface area contributed by atoms with Gasteiger partial charge in [-0.15, -0.1) is 0 Å². The molecule has 0 N–H and O–H groups in total. The molecule has 0 saturated heterocycles. The second-order valence-corrected chi connectivity index (χ2v) is 8.51. The number of aryl methyl sites for hydroxylation is 2. The molecule has 3 aromatic heterocycles. The number of hydrogen-bond donors (Lipinski definition) is 0. The summed E-state index contributed by atoms with van der Waals surface area (Å²) in [6.07, 6.45) is 6.02. The van der Waals surface area contributed by atoms with E-state index in [-0.39, 0.29) is 33.3 Å². The Morgan fingerprint density at radius 3 is 2.76 bits per heavy atom. The molecule has 4 heterocycles. The zero-order chi connectivity index (χ0) is 23.3.